The minimum Gasteiger partial charge on any atom is -0.376 e. The molecule has 1 amide bonds. The number of ether oxygens (including phenoxy) is 1. The van der Waals surface area contributed by atoms with Gasteiger partial charge >= 0.3 is 0 Å². The highest BCUT2D eigenvalue weighted by atomic mass is 35.5. The first kappa shape index (κ1) is 16.0. The summed E-state index contributed by atoms with van der Waals surface area (Å²) in [7, 11) is 0. The average Bonchev–Trinajstić information content (AvgIpc) is 2.82. The summed E-state index contributed by atoms with van der Waals surface area (Å²) < 4.78 is 5.50. The Bertz CT molecular complexity index is 386. The molecule has 2 rings (SSSR count). The van der Waals surface area contributed by atoms with Crippen molar-refractivity contribution < 1.29 is 9.53 Å². The van der Waals surface area contributed by atoms with Crippen molar-refractivity contribution in [3.63, 3.8) is 0 Å². The first-order chi connectivity index (χ1) is 8.75. The van der Waals surface area contributed by atoms with Crippen LogP contribution in [0.15, 0.2) is 30.3 Å². The van der Waals surface area contributed by atoms with Crippen molar-refractivity contribution in [2.24, 2.45) is 5.73 Å². The average molecular weight is 285 g/mol. The quantitative estimate of drug-likeness (QED) is 0.835. The number of amides is 1. The van der Waals surface area contributed by atoms with Crippen LogP contribution in [0, 0.1) is 0 Å². The van der Waals surface area contributed by atoms with Gasteiger partial charge in [0.05, 0.1) is 19.6 Å². The Morgan fingerprint density at radius 3 is 2.74 bits per heavy atom. The molecule has 106 valence electrons. The van der Waals surface area contributed by atoms with Crippen LogP contribution in [0.1, 0.15) is 18.4 Å². The van der Waals surface area contributed by atoms with Gasteiger partial charge in [0.15, 0.2) is 0 Å². The van der Waals surface area contributed by atoms with E-state index in [1.54, 1.807) is 0 Å². The fraction of sp³-hybridized carbons (Fsp3) is 0.500. The summed E-state index contributed by atoms with van der Waals surface area (Å²) in [6.07, 6.45) is 1.36. The van der Waals surface area contributed by atoms with Gasteiger partial charge in [0.1, 0.15) is 0 Å². The second-order valence-corrected chi connectivity index (χ2v) is 4.68. The van der Waals surface area contributed by atoms with Crippen molar-refractivity contribution >= 4 is 18.3 Å². The van der Waals surface area contributed by atoms with E-state index in [1.165, 1.54) is 0 Å². The number of nitrogens with zero attached hydrogens (tertiary/aromatic N) is 1. The van der Waals surface area contributed by atoms with Crippen LogP contribution in [-0.2, 0) is 16.1 Å². The zero-order valence-corrected chi connectivity index (χ0v) is 11.8. The van der Waals surface area contributed by atoms with E-state index in [-0.39, 0.29) is 24.4 Å². The van der Waals surface area contributed by atoms with Crippen molar-refractivity contribution in [1.82, 2.24) is 4.90 Å². The van der Waals surface area contributed by atoms with E-state index < -0.39 is 0 Å². The smallest absolute Gasteiger partial charge is 0.224 e. The molecule has 1 aliphatic heterocycles. The summed E-state index contributed by atoms with van der Waals surface area (Å²) in [4.78, 5) is 13.6. The van der Waals surface area contributed by atoms with E-state index in [2.05, 4.69) is 0 Å². The fourth-order valence-corrected chi connectivity index (χ4v) is 2.10. The highest BCUT2D eigenvalue weighted by molar-refractivity contribution is 5.85. The van der Waals surface area contributed by atoms with Crippen molar-refractivity contribution in [3.8, 4) is 0 Å². The molecule has 1 aromatic carbocycles. The Morgan fingerprint density at radius 2 is 2.11 bits per heavy atom. The Kier molecular flexibility index (Phi) is 6.84. The Morgan fingerprint density at radius 1 is 1.37 bits per heavy atom. The minimum atomic E-state index is 0. The Balaban J connectivity index is 0.00000180. The molecule has 0 radical (unpaired) electrons. The maximum Gasteiger partial charge on any atom is 0.224 e. The molecule has 4 nitrogen and oxygen atoms in total. The largest absolute Gasteiger partial charge is 0.376 e. The van der Waals surface area contributed by atoms with Crippen molar-refractivity contribution in [1.29, 1.82) is 0 Å². The van der Waals surface area contributed by atoms with Gasteiger partial charge in [-0.1, -0.05) is 30.3 Å². The van der Waals surface area contributed by atoms with Crippen LogP contribution in [-0.4, -0.2) is 36.5 Å². The normalized spacial score (nSPS) is 18.2. The third-order valence-corrected chi connectivity index (χ3v) is 3.15. The zero-order valence-electron chi connectivity index (χ0n) is 11.0. The molecular weight excluding hydrogens is 264 g/mol. The third-order valence-electron chi connectivity index (χ3n) is 3.15. The molecule has 1 aromatic rings. The number of hydrogen-bond acceptors (Lipinski definition) is 3. The van der Waals surface area contributed by atoms with Crippen LogP contribution in [0.25, 0.3) is 0 Å². The molecular formula is C14H21ClN2O2. The number of nitrogens with two attached hydrogens (primary N) is 1. The van der Waals surface area contributed by atoms with E-state index in [4.69, 9.17) is 10.5 Å². The summed E-state index contributed by atoms with van der Waals surface area (Å²) in [5.41, 5.74) is 6.90. The second kappa shape index (κ2) is 8.15. The molecule has 1 atom stereocenters. The van der Waals surface area contributed by atoms with Crippen LogP contribution in [0.5, 0.6) is 0 Å². The van der Waals surface area contributed by atoms with Gasteiger partial charge in [0.25, 0.3) is 0 Å². The summed E-state index contributed by atoms with van der Waals surface area (Å²) in [6.45, 7) is 2.52. The topological polar surface area (TPSA) is 55.6 Å². The summed E-state index contributed by atoms with van der Waals surface area (Å²) >= 11 is 0. The van der Waals surface area contributed by atoms with Gasteiger partial charge in [-0.15, -0.1) is 12.4 Å². The van der Waals surface area contributed by atoms with E-state index in [1.807, 2.05) is 35.2 Å². The number of benzene rings is 1. The molecule has 1 fully saturated rings. The monoisotopic (exact) mass is 284 g/mol. The lowest BCUT2D eigenvalue weighted by Crippen LogP contribution is -2.32. The summed E-state index contributed by atoms with van der Waals surface area (Å²) in [5, 5.41) is 0. The predicted molar refractivity (Wildman–Crippen MR) is 77.1 cm³/mol. The maximum atomic E-state index is 11.8. The van der Waals surface area contributed by atoms with Crippen LogP contribution >= 0.6 is 12.4 Å². The molecule has 0 bridgehead atoms. The SMILES string of the molecule is Cl.N[C@@H]1CCN(C(=O)CCOCc2ccccc2)C1. The lowest BCUT2D eigenvalue weighted by molar-refractivity contribution is -0.131. The van der Waals surface area contributed by atoms with Gasteiger partial charge in [0.2, 0.25) is 5.91 Å². The van der Waals surface area contributed by atoms with Gasteiger partial charge in [-0.05, 0) is 12.0 Å². The molecule has 1 heterocycles. The van der Waals surface area contributed by atoms with E-state index in [0.29, 0.717) is 26.2 Å². The molecule has 2 N–H and O–H groups in total. The molecule has 5 heteroatoms. The van der Waals surface area contributed by atoms with Gasteiger partial charge in [-0.3, -0.25) is 4.79 Å². The van der Waals surface area contributed by atoms with E-state index in [0.717, 1.165) is 18.5 Å². The first-order valence-electron chi connectivity index (χ1n) is 6.41. The van der Waals surface area contributed by atoms with E-state index in [9.17, 15) is 4.79 Å². The first-order valence-corrected chi connectivity index (χ1v) is 6.41. The number of carbonyl (C=O) groups excluding carboxylic acids is 1. The lowest BCUT2D eigenvalue weighted by atomic mass is 10.2. The minimum absolute atomic E-state index is 0. The summed E-state index contributed by atoms with van der Waals surface area (Å²) in [6, 6.07) is 10.1. The highest BCUT2D eigenvalue weighted by Crippen LogP contribution is 2.08. The highest BCUT2D eigenvalue weighted by Gasteiger charge is 2.22. The van der Waals surface area contributed by atoms with Crippen LogP contribution in [0.4, 0.5) is 0 Å². The van der Waals surface area contributed by atoms with Crippen LogP contribution in [0.2, 0.25) is 0 Å². The number of rotatable bonds is 5. The Hall–Kier alpha value is -1.10. The zero-order chi connectivity index (χ0) is 12.8. The number of carbonyl (C=O) groups is 1. The molecule has 1 saturated heterocycles. The number of hydrogen-bond donors (Lipinski definition) is 1. The van der Waals surface area contributed by atoms with Crippen LogP contribution < -0.4 is 5.73 Å². The Labute approximate surface area is 120 Å². The number of likely N-dealkylation sites (tertiary alicyclic amines) is 1. The molecule has 0 spiro atoms. The van der Waals surface area contributed by atoms with Gasteiger partial charge in [0, 0.05) is 19.1 Å². The third kappa shape index (κ3) is 5.19. The van der Waals surface area contributed by atoms with Crippen molar-refractivity contribution in [3.05, 3.63) is 35.9 Å². The second-order valence-electron chi connectivity index (χ2n) is 4.68. The molecule has 0 saturated carbocycles. The van der Waals surface area contributed by atoms with Gasteiger partial charge < -0.3 is 15.4 Å². The van der Waals surface area contributed by atoms with Crippen molar-refractivity contribution in [2.75, 3.05) is 19.7 Å². The lowest BCUT2D eigenvalue weighted by Gasteiger charge is -2.15. The van der Waals surface area contributed by atoms with Gasteiger partial charge in [-0.2, -0.15) is 0 Å². The molecule has 0 unspecified atom stereocenters. The molecule has 1 aliphatic rings. The molecule has 0 aliphatic carbocycles. The predicted octanol–water partition coefficient (Wildman–Crippen LogP) is 1.57. The standard InChI is InChI=1S/C14H20N2O2.ClH/c15-13-6-8-16(10-13)14(17)7-9-18-11-12-4-2-1-3-5-12;/h1-5,13H,6-11,15H2;1H/t13-;/m1./s1. The number of halogens is 1. The van der Waals surface area contributed by atoms with Crippen molar-refractivity contribution in [2.45, 2.75) is 25.5 Å². The molecule has 0 aromatic heterocycles. The summed E-state index contributed by atoms with van der Waals surface area (Å²) in [5.74, 6) is 0.149. The van der Waals surface area contributed by atoms with E-state index >= 15 is 0 Å². The fourth-order valence-electron chi connectivity index (χ4n) is 2.10. The van der Waals surface area contributed by atoms with Gasteiger partial charge in [-0.25, -0.2) is 0 Å². The molecule has 19 heavy (non-hydrogen) atoms. The maximum absolute atomic E-state index is 11.8. The van der Waals surface area contributed by atoms with Crippen LogP contribution in [0.3, 0.4) is 0 Å².